The minimum absolute atomic E-state index is 0.0406. The molecule has 8 heteroatoms. The number of anilines is 1. The van der Waals surface area contributed by atoms with E-state index in [1.807, 2.05) is 0 Å². The smallest absolute Gasteiger partial charge is 0.272 e. The Morgan fingerprint density at radius 2 is 2.29 bits per heavy atom. The van der Waals surface area contributed by atoms with Gasteiger partial charge in [0.15, 0.2) is 5.16 Å². The van der Waals surface area contributed by atoms with Gasteiger partial charge in [0.05, 0.1) is 4.92 Å². The van der Waals surface area contributed by atoms with Crippen molar-refractivity contribution < 1.29 is 4.92 Å². The summed E-state index contributed by atoms with van der Waals surface area (Å²) in [6.45, 7) is 0. The second-order valence-corrected chi connectivity index (χ2v) is 4.18. The predicted octanol–water partition coefficient (Wildman–Crippen LogP) is 1.91. The molecule has 0 aliphatic heterocycles. The highest BCUT2D eigenvalue weighted by molar-refractivity contribution is 7.99. The fourth-order valence-corrected chi connectivity index (χ4v) is 2.03. The second-order valence-electron chi connectivity index (χ2n) is 3.12. The number of benzene rings is 1. The van der Waals surface area contributed by atoms with Crippen molar-refractivity contribution in [2.45, 2.75) is 10.1 Å². The monoisotopic (exact) mass is 251 g/mol. The summed E-state index contributed by atoms with van der Waals surface area (Å²) in [5.41, 5.74) is 0.722. The quantitative estimate of drug-likeness (QED) is 0.636. The van der Waals surface area contributed by atoms with Crippen LogP contribution in [0.3, 0.4) is 0 Å². The number of hydrogen-bond donors (Lipinski definition) is 2. The molecule has 17 heavy (non-hydrogen) atoms. The summed E-state index contributed by atoms with van der Waals surface area (Å²) in [4.78, 5) is 15.0. The molecular formula is C9H9N5O2S. The molecule has 0 saturated carbocycles. The molecule has 0 spiro atoms. The van der Waals surface area contributed by atoms with Crippen LogP contribution in [-0.4, -0.2) is 27.2 Å². The number of hydrogen-bond acceptors (Lipinski definition) is 6. The van der Waals surface area contributed by atoms with Gasteiger partial charge in [-0.25, -0.2) is 4.98 Å². The zero-order valence-electron chi connectivity index (χ0n) is 8.88. The highest BCUT2D eigenvalue weighted by atomic mass is 32.2. The summed E-state index contributed by atoms with van der Waals surface area (Å²) in [5.74, 6) is 0. The first-order valence-corrected chi connectivity index (χ1v) is 5.51. The zero-order chi connectivity index (χ0) is 12.3. The molecule has 0 bridgehead atoms. The highest BCUT2D eigenvalue weighted by Crippen LogP contribution is 2.30. The molecule has 2 N–H and O–H groups in total. The maximum atomic E-state index is 10.8. The standard InChI is InChI=1S/C9H9N5O2S/c1-10-6-2-7(14(15)16)4-8(3-6)17-9-11-5-12-13-9/h2-5,10H,1H3,(H,11,12,13). The molecule has 7 nitrogen and oxygen atoms in total. The zero-order valence-corrected chi connectivity index (χ0v) is 9.69. The first-order chi connectivity index (χ1) is 8.19. The number of nitrogens with zero attached hydrogens (tertiary/aromatic N) is 3. The van der Waals surface area contributed by atoms with Crippen LogP contribution in [0, 0.1) is 10.1 Å². The Kier molecular flexibility index (Phi) is 3.24. The number of aromatic amines is 1. The van der Waals surface area contributed by atoms with Gasteiger partial charge >= 0.3 is 0 Å². The summed E-state index contributed by atoms with van der Waals surface area (Å²) in [5, 5.41) is 20.6. The van der Waals surface area contributed by atoms with Crippen LogP contribution in [0.2, 0.25) is 0 Å². The lowest BCUT2D eigenvalue weighted by Crippen LogP contribution is -1.93. The Morgan fingerprint density at radius 3 is 2.88 bits per heavy atom. The van der Waals surface area contributed by atoms with E-state index in [1.54, 1.807) is 13.1 Å². The van der Waals surface area contributed by atoms with Gasteiger partial charge < -0.3 is 5.32 Å². The molecule has 0 radical (unpaired) electrons. The van der Waals surface area contributed by atoms with Gasteiger partial charge in [0.25, 0.3) is 5.69 Å². The number of nitro benzene ring substituents is 1. The molecule has 1 heterocycles. The lowest BCUT2D eigenvalue weighted by atomic mass is 10.3. The molecule has 0 unspecified atom stereocenters. The van der Waals surface area contributed by atoms with Crippen LogP contribution >= 0.6 is 11.8 Å². The van der Waals surface area contributed by atoms with Crippen molar-refractivity contribution in [3.05, 3.63) is 34.6 Å². The third kappa shape index (κ3) is 2.72. The van der Waals surface area contributed by atoms with E-state index in [9.17, 15) is 10.1 Å². The van der Waals surface area contributed by atoms with Gasteiger partial charge in [-0.1, -0.05) is 11.8 Å². The molecule has 0 amide bonds. The highest BCUT2D eigenvalue weighted by Gasteiger charge is 2.10. The van der Waals surface area contributed by atoms with E-state index < -0.39 is 4.92 Å². The van der Waals surface area contributed by atoms with Crippen molar-refractivity contribution >= 4 is 23.1 Å². The van der Waals surface area contributed by atoms with Crippen molar-refractivity contribution in [2.75, 3.05) is 12.4 Å². The molecule has 1 aromatic heterocycles. The van der Waals surface area contributed by atoms with Gasteiger partial charge in [0.2, 0.25) is 0 Å². The predicted molar refractivity (Wildman–Crippen MR) is 63.1 cm³/mol. The lowest BCUT2D eigenvalue weighted by molar-refractivity contribution is -0.385. The van der Waals surface area contributed by atoms with Crippen molar-refractivity contribution in [1.29, 1.82) is 0 Å². The summed E-state index contributed by atoms with van der Waals surface area (Å²) in [7, 11) is 1.71. The average molecular weight is 251 g/mol. The van der Waals surface area contributed by atoms with Crippen LogP contribution in [0.5, 0.6) is 0 Å². The van der Waals surface area contributed by atoms with Gasteiger partial charge in [0, 0.05) is 29.8 Å². The fraction of sp³-hybridized carbons (Fsp3) is 0.111. The lowest BCUT2D eigenvalue weighted by Gasteiger charge is -2.03. The number of nitrogens with one attached hydrogen (secondary N) is 2. The SMILES string of the molecule is CNc1cc(Sc2ncn[nH]2)cc([N+](=O)[O-])c1. The van der Waals surface area contributed by atoms with Gasteiger partial charge in [0.1, 0.15) is 6.33 Å². The third-order valence-electron chi connectivity index (χ3n) is 2.00. The van der Waals surface area contributed by atoms with Crippen molar-refractivity contribution in [1.82, 2.24) is 15.2 Å². The van der Waals surface area contributed by atoms with Crippen molar-refractivity contribution in [3.8, 4) is 0 Å². The largest absolute Gasteiger partial charge is 0.388 e. The Hall–Kier alpha value is -2.09. The number of rotatable bonds is 4. The summed E-state index contributed by atoms with van der Waals surface area (Å²) < 4.78 is 0. The first kappa shape index (κ1) is 11.4. The van der Waals surface area contributed by atoms with Crippen molar-refractivity contribution in [3.63, 3.8) is 0 Å². The van der Waals surface area contributed by atoms with Gasteiger partial charge in [-0.05, 0) is 6.07 Å². The van der Waals surface area contributed by atoms with E-state index in [2.05, 4.69) is 20.5 Å². The van der Waals surface area contributed by atoms with Gasteiger partial charge in [-0.15, -0.1) is 0 Å². The number of aromatic nitrogens is 3. The van der Waals surface area contributed by atoms with E-state index in [0.717, 1.165) is 4.90 Å². The normalized spacial score (nSPS) is 10.2. The summed E-state index contributed by atoms with van der Waals surface area (Å²) >= 11 is 1.28. The number of H-pyrrole nitrogens is 1. The van der Waals surface area contributed by atoms with Gasteiger partial charge in [-0.3, -0.25) is 15.2 Å². The van der Waals surface area contributed by atoms with Gasteiger partial charge in [-0.2, -0.15) is 5.10 Å². The Bertz CT molecular complexity index is 528. The summed E-state index contributed by atoms with van der Waals surface area (Å²) in [6.07, 6.45) is 1.39. The van der Waals surface area contributed by atoms with E-state index in [-0.39, 0.29) is 5.69 Å². The summed E-state index contributed by atoms with van der Waals surface area (Å²) in [6, 6.07) is 4.78. The molecule has 0 saturated heterocycles. The van der Waals surface area contributed by atoms with E-state index in [1.165, 1.54) is 30.2 Å². The van der Waals surface area contributed by atoms with E-state index in [0.29, 0.717) is 10.8 Å². The van der Waals surface area contributed by atoms with E-state index >= 15 is 0 Å². The first-order valence-electron chi connectivity index (χ1n) is 4.69. The minimum Gasteiger partial charge on any atom is -0.388 e. The molecule has 0 fully saturated rings. The van der Waals surface area contributed by atoms with Crippen molar-refractivity contribution in [2.24, 2.45) is 0 Å². The molecule has 2 aromatic rings. The topological polar surface area (TPSA) is 96.7 Å². The Labute approximate surface area is 101 Å². The minimum atomic E-state index is -0.425. The third-order valence-corrected chi connectivity index (χ3v) is 2.86. The number of non-ortho nitro benzene ring substituents is 1. The van der Waals surface area contributed by atoms with Crippen LogP contribution < -0.4 is 5.32 Å². The molecular weight excluding hydrogens is 242 g/mol. The van der Waals surface area contributed by atoms with Crippen LogP contribution in [0.25, 0.3) is 0 Å². The molecule has 1 aromatic carbocycles. The van der Waals surface area contributed by atoms with Crippen LogP contribution in [0.15, 0.2) is 34.6 Å². The molecule has 88 valence electrons. The van der Waals surface area contributed by atoms with E-state index in [4.69, 9.17) is 0 Å². The average Bonchev–Trinajstić information content (AvgIpc) is 2.81. The van der Waals surface area contributed by atoms with Crippen LogP contribution in [-0.2, 0) is 0 Å². The Balaban J connectivity index is 2.33. The molecule has 0 aliphatic rings. The molecule has 2 rings (SSSR count). The van der Waals surface area contributed by atoms with Crippen LogP contribution in [0.4, 0.5) is 11.4 Å². The molecule has 0 aliphatic carbocycles. The number of nitro groups is 1. The second kappa shape index (κ2) is 4.83. The fourth-order valence-electron chi connectivity index (χ4n) is 1.25. The van der Waals surface area contributed by atoms with Crippen LogP contribution in [0.1, 0.15) is 0 Å². The maximum absolute atomic E-state index is 10.8. The molecule has 0 atom stereocenters. The maximum Gasteiger partial charge on any atom is 0.272 e. The Morgan fingerprint density at radius 1 is 1.47 bits per heavy atom.